The molecule has 0 atom stereocenters. The molecule has 0 N–H and O–H groups in total. The Balaban J connectivity index is 1.06. The van der Waals surface area contributed by atoms with Crippen LogP contribution in [0.3, 0.4) is 0 Å². The zero-order valence-corrected chi connectivity index (χ0v) is 31.4. The third kappa shape index (κ3) is 5.51. The molecule has 2 aromatic heterocycles. The number of nitrogens with zero attached hydrogens (tertiary/aromatic N) is 1. The van der Waals surface area contributed by atoms with Gasteiger partial charge in [-0.05, 0) is 111 Å². The number of hydrogen-bond donors (Lipinski definition) is 0. The fourth-order valence-corrected chi connectivity index (χ4v) is 10.5. The Kier molecular flexibility index (Phi) is 7.61. The summed E-state index contributed by atoms with van der Waals surface area (Å²) < 4.78 is 5.28. The lowest BCUT2D eigenvalue weighted by molar-refractivity contribution is 1.28. The molecule has 0 amide bonds. The molecule has 2 heterocycles. The van der Waals surface area contributed by atoms with Gasteiger partial charge in [-0.3, -0.25) is 0 Å². The summed E-state index contributed by atoms with van der Waals surface area (Å²) in [7, 11) is 0. The topological polar surface area (TPSA) is 3.24 Å². The van der Waals surface area contributed by atoms with Gasteiger partial charge in [-0.15, -0.1) is 22.7 Å². The fourth-order valence-electron chi connectivity index (χ4n) is 8.27. The first kappa shape index (κ1) is 32.0. The van der Waals surface area contributed by atoms with E-state index in [2.05, 4.69) is 205 Å². The van der Waals surface area contributed by atoms with Crippen LogP contribution < -0.4 is 4.90 Å². The van der Waals surface area contributed by atoms with Crippen LogP contribution in [0.15, 0.2) is 200 Å². The van der Waals surface area contributed by atoms with Crippen molar-refractivity contribution in [2.24, 2.45) is 0 Å². The van der Waals surface area contributed by atoms with Crippen molar-refractivity contribution in [2.75, 3.05) is 4.90 Å². The summed E-state index contributed by atoms with van der Waals surface area (Å²) in [5, 5.41) is 7.78. The second-order valence-corrected chi connectivity index (χ2v) is 16.3. The second kappa shape index (κ2) is 13.1. The van der Waals surface area contributed by atoms with Crippen LogP contribution in [0.4, 0.5) is 17.1 Å². The van der Waals surface area contributed by atoms with Gasteiger partial charge in [-0.25, -0.2) is 0 Å². The highest BCUT2D eigenvalue weighted by Gasteiger charge is 2.17. The summed E-state index contributed by atoms with van der Waals surface area (Å²) in [5.41, 5.74) is 10.7. The van der Waals surface area contributed by atoms with E-state index in [4.69, 9.17) is 0 Å². The van der Waals surface area contributed by atoms with Crippen LogP contribution >= 0.6 is 22.7 Å². The third-order valence-corrected chi connectivity index (χ3v) is 13.1. The van der Waals surface area contributed by atoms with Crippen LogP contribution in [0.1, 0.15) is 0 Å². The minimum absolute atomic E-state index is 1.11. The molecule has 0 aliphatic carbocycles. The van der Waals surface area contributed by atoms with Crippen molar-refractivity contribution in [1.82, 2.24) is 0 Å². The molecule has 11 aromatic rings. The smallest absolute Gasteiger partial charge is 0.0467 e. The average molecular weight is 736 g/mol. The molecule has 0 bridgehead atoms. The minimum atomic E-state index is 1.11. The zero-order valence-electron chi connectivity index (χ0n) is 29.8. The van der Waals surface area contributed by atoms with E-state index in [0.29, 0.717) is 0 Å². The predicted molar refractivity (Wildman–Crippen MR) is 241 cm³/mol. The number of thiophene rings is 2. The van der Waals surface area contributed by atoms with E-state index in [1.165, 1.54) is 84.5 Å². The van der Waals surface area contributed by atoms with Crippen LogP contribution in [0, 0.1) is 0 Å². The molecule has 0 saturated carbocycles. The van der Waals surface area contributed by atoms with E-state index in [-0.39, 0.29) is 0 Å². The number of anilines is 3. The van der Waals surface area contributed by atoms with E-state index in [1.54, 1.807) is 0 Å². The molecule has 55 heavy (non-hydrogen) atoms. The highest BCUT2D eigenvalue weighted by molar-refractivity contribution is 7.26. The second-order valence-electron chi connectivity index (χ2n) is 14.1. The lowest BCUT2D eigenvalue weighted by Crippen LogP contribution is -2.10. The molecule has 3 heteroatoms. The van der Waals surface area contributed by atoms with E-state index in [9.17, 15) is 0 Å². The number of fused-ring (bicyclic) bond motifs is 7. The van der Waals surface area contributed by atoms with Crippen molar-refractivity contribution in [3.63, 3.8) is 0 Å². The first-order valence-corrected chi connectivity index (χ1v) is 20.3. The van der Waals surface area contributed by atoms with Gasteiger partial charge in [-0.2, -0.15) is 0 Å². The molecule has 0 spiro atoms. The monoisotopic (exact) mass is 735 g/mol. The molecule has 0 aliphatic heterocycles. The number of rotatable bonds is 6. The number of benzene rings is 9. The molecular formula is C52H33NS2. The van der Waals surface area contributed by atoms with Crippen molar-refractivity contribution in [2.45, 2.75) is 0 Å². The summed E-state index contributed by atoms with van der Waals surface area (Å²) in [6.45, 7) is 0. The Bertz CT molecular complexity index is 3220. The van der Waals surface area contributed by atoms with E-state index in [1.807, 2.05) is 22.7 Å². The Morgan fingerprint density at radius 3 is 1.67 bits per heavy atom. The molecule has 258 valence electrons. The van der Waals surface area contributed by atoms with Gasteiger partial charge in [0.1, 0.15) is 0 Å². The first-order valence-electron chi connectivity index (χ1n) is 18.7. The Morgan fingerprint density at radius 1 is 0.291 bits per heavy atom. The van der Waals surface area contributed by atoms with E-state index in [0.717, 1.165) is 17.1 Å². The largest absolute Gasteiger partial charge is 0.310 e. The molecule has 1 nitrogen and oxygen atoms in total. The number of hydrogen-bond acceptors (Lipinski definition) is 3. The van der Waals surface area contributed by atoms with Gasteiger partial charge < -0.3 is 4.90 Å². The molecule has 0 saturated heterocycles. The Hall–Kier alpha value is -6.52. The van der Waals surface area contributed by atoms with Crippen molar-refractivity contribution in [3.05, 3.63) is 200 Å². The highest BCUT2D eigenvalue weighted by atomic mass is 32.1. The van der Waals surface area contributed by atoms with Crippen molar-refractivity contribution in [1.29, 1.82) is 0 Å². The third-order valence-electron chi connectivity index (χ3n) is 10.9. The van der Waals surface area contributed by atoms with Gasteiger partial charge in [-0.1, -0.05) is 133 Å². The van der Waals surface area contributed by atoms with Crippen LogP contribution in [0.25, 0.3) is 84.5 Å². The van der Waals surface area contributed by atoms with Gasteiger partial charge in [0, 0.05) is 57.4 Å². The lowest BCUT2D eigenvalue weighted by Gasteiger charge is -2.27. The normalized spacial score (nSPS) is 11.6. The summed E-state index contributed by atoms with van der Waals surface area (Å²) >= 11 is 3.73. The standard InChI is InChI=1S/C52H33NS2/c1-2-17-42-34(11-1)12-9-20-43(42)35-25-28-39(29-26-35)53(40-15-7-13-36(31-40)37-27-30-50-47(33-37)45-18-3-5-22-48(45)54-50)41-16-8-14-38(32-41)44-21-10-24-51-52(44)46-19-4-6-23-49(46)55-51/h1-33H. The quantitative estimate of drug-likeness (QED) is 0.164. The Labute approximate surface area is 327 Å². The minimum Gasteiger partial charge on any atom is -0.310 e. The lowest BCUT2D eigenvalue weighted by atomic mass is 9.97. The maximum atomic E-state index is 2.41. The molecule has 0 radical (unpaired) electrons. The fraction of sp³-hybridized carbons (Fsp3) is 0. The van der Waals surface area contributed by atoms with Crippen molar-refractivity contribution < 1.29 is 0 Å². The zero-order chi connectivity index (χ0) is 36.3. The molecule has 11 rings (SSSR count). The van der Waals surface area contributed by atoms with Crippen molar-refractivity contribution >= 4 is 90.9 Å². The van der Waals surface area contributed by atoms with Gasteiger partial charge in [0.05, 0.1) is 0 Å². The molecular weight excluding hydrogens is 703 g/mol. The highest BCUT2D eigenvalue weighted by Crippen LogP contribution is 2.44. The van der Waals surface area contributed by atoms with Gasteiger partial charge in [0.25, 0.3) is 0 Å². The van der Waals surface area contributed by atoms with Crippen LogP contribution in [-0.2, 0) is 0 Å². The van der Waals surface area contributed by atoms with E-state index < -0.39 is 0 Å². The maximum Gasteiger partial charge on any atom is 0.0467 e. The van der Waals surface area contributed by atoms with E-state index >= 15 is 0 Å². The SMILES string of the molecule is c1cc(-c2ccc3sc4ccccc4c3c2)cc(N(c2ccc(-c3cccc4ccccc34)cc2)c2cccc(-c3cccc4sc5ccccc5c34)c2)c1. The molecule has 0 fully saturated rings. The summed E-state index contributed by atoms with van der Waals surface area (Å²) in [5.74, 6) is 0. The predicted octanol–water partition coefficient (Wildman–Crippen LogP) is 16.0. The summed E-state index contributed by atoms with van der Waals surface area (Å²) in [4.78, 5) is 2.41. The average Bonchev–Trinajstić information content (AvgIpc) is 3.82. The maximum absolute atomic E-state index is 2.41. The summed E-state index contributed by atoms with van der Waals surface area (Å²) in [6, 6.07) is 73.5. The molecule has 0 aliphatic rings. The van der Waals surface area contributed by atoms with Crippen molar-refractivity contribution in [3.8, 4) is 33.4 Å². The van der Waals surface area contributed by atoms with Gasteiger partial charge in [0.15, 0.2) is 0 Å². The molecule has 0 unspecified atom stereocenters. The first-order chi connectivity index (χ1) is 27.2. The van der Waals surface area contributed by atoms with Gasteiger partial charge >= 0.3 is 0 Å². The summed E-state index contributed by atoms with van der Waals surface area (Å²) in [6.07, 6.45) is 0. The Morgan fingerprint density at radius 2 is 0.836 bits per heavy atom. The molecule has 9 aromatic carbocycles. The van der Waals surface area contributed by atoms with Crippen LogP contribution in [-0.4, -0.2) is 0 Å². The van der Waals surface area contributed by atoms with Crippen LogP contribution in [0.5, 0.6) is 0 Å². The van der Waals surface area contributed by atoms with Crippen LogP contribution in [0.2, 0.25) is 0 Å². The van der Waals surface area contributed by atoms with Gasteiger partial charge in [0.2, 0.25) is 0 Å².